The largest absolute Gasteiger partial charge is 0.308 e. The van der Waals surface area contributed by atoms with Crippen LogP contribution in [-0.4, -0.2) is 16.9 Å². The van der Waals surface area contributed by atoms with Gasteiger partial charge in [0.15, 0.2) is 0 Å². The Morgan fingerprint density at radius 2 is 2.00 bits per heavy atom. The van der Waals surface area contributed by atoms with Crippen molar-refractivity contribution in [2.75, 3.05) is 0 Å². The lowest BCUT2D eigenvalue weighted by molar-refractivity contribution is 0.583. The van der Waals surface area contributed by atoms with E-state index in [1.165, 1.54) is 25.7 Å². The molecule has 1 fully saturated rings. The van der Waals surface area contributed by atoms with Crippen molar-refractivity contribution in [1.82, 2.24) is 10.4 Å². The van der Waals surface area contributed by atoms with Gasteiger partial charge in [0.25, 0.3) is 0 Å². The maximum atomic E-state index is 5.59. The third-order valence-corrected chi connectivity index (χ3v) is 3.69. The first-order valence-electron chi connectivity index (χ1n) is 6.45. The maximum Gasteiger partial charge on any atom is 0.144 e. The van der Waals surface area contributed by atoms with E-state index in [0.29, 0.717) is 6.04 Å². The predicted molar refractivity (Wildman–Crippen MR) is 77.3 cm³/mol. The molecule has 1 aliphatic rings. The molecule has 0 aliphatic heterocycles. The minimum atomic E-state index is 0.387. The topological polar surface area (TPSA) is 63.3 Å². The molecule has 0 aromatic carbocycles. The monoisotopic (exact) mass is 310 g/mol. The molecule has 1 heterocycles. The standard InChI is InChI=1S/C13H19BrN4/c14-11-7-10(8-16-9-11)13(18-15)17-12-5-3-1-2-4-6-12/h7-9,12H,1-6,15H2,(H,17,18). The van der Waals surface area contributed by atoms with E-state index in [-0.39, 0.29) is 0 Å². The van der Waals surface area contributed by atoms with Crippen LogP contribution in [-0.2, 0) is 0 Å². The summed E-state index contributed by atoms with van der Waals surface area (Å²) in [6.07, 6.45) is 11.0. The molecule has 0 bridgehead atoms. The molecule has 0 amide bonds. The van der Waals surface area contributed by atoms with E-state index in [1.807, 2.05) is 6.07 Å². The molecule has 0 saturated heterocycles. The van der Waals surface area contributed by atoms with E-state index in [0.717, 1.165) is 28.7 Å². The smallest absolute Gasteiger partial charge is 0.144 e. The number of amidine groups is 1. The summed E-state index contributed by atoms with van der Waals surface area (Å²) in [5.41, 5.74) is 3.63. The van der Waals surface area contributed by atoms with Crippen LogP contribution in [0.5, 0.6) is 0 Å². The van der Waals surface area contributed by atoms with Crippen LogP contribution >= 0.6 is 15.9 Å². The average Bonchev–Trinajstić information content (AvgIpc) is 2.64. The number of nitrogens with one attached hydrogen (secondary N) is 1. The normalized spacial score (nSPS) is 18.4. The van der Waals surface area contributed by atoms with Crippen molar-refractivity contribution in [1.29, 1.82) is 0 Å². The number of aromatic nitrogens is 1. The minimum Gasteiger partial charge on any atom is -0.308 e. The van der Waals surface area contributed by atoms with Crippen LogP contribution in [0.1, 0.15) is 44.1 Å². The number of hydrazine groups is 1. The summed E-state index contributed by atoms with van der Waals surface area (Å²) in [6, 6.07) is 2.36. The molecule has 18 heavy (non-hydrogen) atoms. The highest BCUT2D eigenvalue weighted by atomic mass is 79.9. The van der Waals surface area contributed by atoms with Gasteiger partial charge in [-0.25, -0.2) is 5.84 Å². The van der Waals surface area contributed by atoms with Gasteiger partial charge in [0.05, 0.1) is 6.04 Å². The number of nitrogens with zero attached hydrogens (tertiary/aromatic N) is 2. The first kappa shape index (κ1) is 13.5. The van der Waals surface area contributed by atoms with Gasteiger partial charge in [-0.2, -0.15) is 0 Å². The van der Waals surface area contributed by atoms with Crippen molar-refractivity contribution < 1.29 is 0 Å². The summed E-state index contributed by atoms with van der Waals surface area (Å²) in [5.74, 6) is 6.32. The molecular formula is C13H19BrN4. The molecule has 2 rings (SSSR count). The molecule has 3 N–H and O–H groups in total. The van der Waals surface area contributed by atoms with Gasteiger partial charge in [0.1, 0.15) is 5.84 Å². The lowest BCUT2D eigenvalue weighted by Gasteiger charge is -2.12. The van der Waals surface area contributed by atoms with Gasteiger partial charge in [-0.3, -0.25) is 9.98 Å². The van der Waals surface area contributed by atoms with Crippen molar-refractivity contribution in [3.8, 4) is 0 Å². The zero-order valence-electron chi connectivity index (χ0n) is 10.4. The van der Waals surface area contributed by atoms with Gasteiger partial charge < -0.3 is 5.43 Å². The van der Waals surface area contributed by atoms with Gasteiger partial charge >= 0.3 is 0 Å². The first-order valence-corrected chi connectivity index (χ1v) is 7.24. The summed E-state index contributed by atoms with van der Waals surface area (Å²) in [4.78, 5) is 8.89. The summed E-state index contributed by atoms with van der Waals surface area (Å²) < 4.78 is 0.934. The molecule has 1 aromatic heterocycles. The average molecular weight is 311 g/mol. The van der Waals surface area contributed by atoms with E-state index in [2.05, 4.69) is 26.3 Å². The van der Waals surface area contributed by atoms with Gasteiger partial charge in [-0.05, 0) is 34.8 Å². The van der Waals surface area contributed by atoms with Crippen molar-refractivity contribution in [3.05, 3.63) is 28.5 Å². The Kier molecular flexibility index (Phi) is 5.13. The lowest BCUT2D eigenvalue weighted by atomic mass is 10.1. The van der Waals surface area contributed by atoms with Crippen molar-refractivity contribution in [2.24, 2.45) is 10.8 Å². The van der Waals surface area contributed by atoms with Crippen LogP contribution in [0.25, 0.3) is 0 Å². The summed E-state index contributed by atoms with van der Waals surface area (Å²) in [7, 11) is 0. The number of hydrogen-bond donors (Lipinski definition) is 2. The van der Waals surface area contributed by atoms with E-state index in [9.17, 15) is 0 Å². The predicted octanol–water partition coefficient (Wildman–Crippen LogP) is 2.78. The van der Waals surface area contributed by atoms with Crippen LogP contribution < -0.4 is 11.3 Å². The number of pyridine rings is 1. The molecule has 4 nitrogen and oxygen atoms in total. The first-order chi connectivity index (χ1) is 8.79. The molecule has 98 valence electrons. The number of halogens is 1. The zero-order chi connectivity index (χ0) is 12.8. The summed E-state index contributed by atoms with van der Waals surface area (Å²) >= 11 is 3.41. The molecular weight excluding hydrogens is 292 g/mol. The van der Waals surface area contributed by atoms with E-state index in [4.69, 9.17) is 10.8 Å². The summed E-state index contributed by atoms with van der Waals surface area (Å²) in [6.45, 7) is 0. The Morgan fingerprint density at radius 1 is 1.28 bits per heavy atom. The molecule has 0 spiro atoms. The number of aliphatic imine (C=N–C) groups is 1. The van der Waals surface area contributed by atoms with Crippen LogP contribution in [0, 0.1) is 0 Å². The second-order valence-corrected chi connectivity index (χ2v) is 5.57. The van der Waals surface area contributed by atoms with Gasteiger partial charge in [-0.1, -0.05) is 25.7 Å². The Labute approximate surface area is 116 Å². The fourth-order valence-electron chi connectivity index (χ4n) is 2.31. The van der Waals surface area contributed by atoms with E-state index in [1.54, 1.807) is 12.4 Å². The fraction of sp³-hybridized carbons (Fsp3) is 0.538. The number of rotatable bonds is 2. The second kappa shape index (κ2) is 6.85. The molecule has 1 saturated carbocycles. The van der Waals surface area contributed by atoms with Crippen molar-refractivity contribution in [3.63, 3.8) is 0 Å². The van der Waals surface area contributed by atoms with Crippen LogP contribution in [0.3, 0.4) is 0 Å². The third kappa shape index (κ3) is 3.78. The Balaban J connectivity index is 2.16. The lowest BCUT2D eigenvalue weighted by Crippen LogP contribution is -2.32. The van der Waals surface area contributed by atoms with Crippen LogP contribution in [0.15, 0.2) is 27.9 Å². The van der Waals surface area contributed by atoms with Crippen LogP contribution in [0.4, 0.5) is 0 Å². The molecule has 5 heteroatoms. The highest BCUT2D eigenvalue weighted by Gasteiger charge is 2.13. The van der Waals surface area contributed by atoms with Gasteiger partial charge in [0.2, 0.25) is 0 Å². The Hall–Kier alpha value is -0.940. The van der Waals surface area contributed by atoms with E-state index < -0.39 is 0 Å². The van der Waals surface area contributed by atoms with E-state index >= 15 is 0 Å². The molecule has 1 aromatic rings. The van der Waals surface area contributed by atoms with Crippen LogP contribution in [0.2, 0.25) is 0 Å². The minimum absolute atomic E-state index is 0.387. The Morgan fingerprint density at radius 3 is 2.61 bits per heavy atom. The maximum absolute atomic E-state index is 5.59. The Bertz CT molecular complexity index is 411. The number of hydrogen-bond acceptors (Lipinski definition) is 3. The SMILES string of the molecule is NNC(=NC1CCCCCC1)c1cncc(Br)c1. The molecule has 1 aliphatic carbocycles. The quantitative estimate of drug-likeness (QED) is 0.290. The summed E-state index contributed by atoms with van der Waals surface area (Å²) in [5, 5.41) is 0. The third-order valence-electron chi connectivity index (χ3n) is 3.25. The fourth-order valence-corrected chi connectivity index (χ4v) is 2.67. The highest BCUT2D eigenvalue weighted by Crippen LogP contribution is 2.20. The van der Waals surface area contributed by atoms with Gasteiger partial charge in [0, 0.05) is 22.4 Å². The van der Waals surface area contributed by atoms with Crippen molar-refractivity contribution in [2.45, 2.75) is 44.6 Å². The molecule has 0 radical (unpaired) electrons. The number of nitrogens with two attached hydrogens (primary N) is 1. The molecule has 0 unspecified atom stereocenters. The highest BCUT2D eigenvalue weighted by molar-refractivity contribution is 9.10. The van der Waals surface area contributed by atoms with Gasteiger partial charge in [-0.15, -0.1) is 0 Å². The zero-order valence-corrected chi connectivity index (χ0v) is 12.0. The van der Waals surface area contributed by atoms with Crippen molar-refractivity contribution >= 4 is 21.8 Å². The second-order valence-electron chi connectivity index (χ2n) is 4.66. The molecule has 0 atom stereocenters.